The molecule has 0 spiro atoms. The Morgan fingerprint density at radius 3 is 2.76 bits per heavy atom. The fourth-order valence-electron chi connectivity index (χ4n) is 1.69. The summed E-state index contributed by atoms with van der Waals surface area (Å²) in [6.45, 7) is 4.87. The molecule has 0 aromatic carbocycles. The topological polar surface area (TPSA) is 43.3 Å². The lowest BCUT2D eigenvalue weighted by molar-refractivity contribution is -0.142. The zero-order valence-corrected chi connectivity index (χ0v) is 11.1. The Kier molecular flexibility index (Phi) is 4.75. The van der Waals surface area contributed by atoms with Gasteiger partial charge in [-0.15, -0.1) is 0 Å². The highest BCUT2D eigenvalue weighted by atomic mass is 16.5. The van der Waals surface area contributed by atoms with Crippen LogP contribution in [0, 0.1) is 0 Å². The number of hydrogen-bond donors (Lipinski definition) is 1. The molecule has 4 heteroatoms. The minimum absolute atomic E-state index is 0.172. The first-order valence-corrected chi connectivity index (χ1v) is 5.93. The molecule has 0 aliphatic rings. The SMILES string of the molecule is CC[C@@](C)(CC(=O)OC)NCc1cccn1C. The van der Waals surface area contributed by atoms with Crippen molar-refractivity contribution in [1.82, 2.24) is 9.88 Å². The maximum absolute atomic E-state index is 11.3. The number of aryl methyl sites for hydroxylation is 1. The van der Waals surface area contributed by atoms with Crippen LogP contribution in [0.3, 0.4) is 0 Å². The summed E-state index contributed by atoms with van der Waals surface area (Å²) in [6.07, 6.45) is 3.29. The first kappa shape index (κ1) is 13.8. The Labute approximate surface area is 103 Å². The normalized spacial score (nSPS) is 14.4. The highest BCUT2D eigenvalue weighted by molar-refractivity contribution is 5.70. The van der Waals surface area contributed by atoms with Gasteiger partial charge in [0.05, 0.1) is 13.5 Å². The van der Waals surface area contributed by atoms with Gasteiger partial charge in [0.2, 0.25) is 0 Å². The number of carbonyl (C=O) groups excluding carboxylic acids is 1. The maximum Gasteiger partial charge on any atom is 0.307 e. The number of esters is 1. The number of ether oxygens (including phenoxy) is 1. The first-order valence-electron chi connectivity index (χ1n) is 5.93. The summed E-state index contributed by atoms with van der Waals surface area (Å²) in [4.78, 5) is 11.3. The fraction of sp³-hybridized carbons (Fsp3) is 0.615. The average Bonchev–Trinajstić information content (AvgIpc) is 2.72. The molecule has 0 saturated heterocycles. The van der Waals surface area contributed by atoms with Crippen LogP contribution in [0.25, 0.3) is 0 Å². The van der Waals surface area contributed by atoms with E-state index >= 15 is 0 Å². The smallest absolute Gasteiger partial charge is 0.307 e. The van der Waals surface area contributed by atoms with E-state index in [-0.39, 0.29) is 11.5 Å². The average molecular weight is 238 g/mol. The second-order valence-corrected chi connectivity index (χ2v) is 4.63. The summed E-state index contributed by atoms with van der Waals surface area (Å²) in [5, 5.41) is 3.43. The summed E-state index contributed by atoms with van der Waals surface area (Å²) in [6, 6.07) is 4.09. The Hall–Kier alpha value is -1.29. The van der Waals surface area contributed by atoms with Gasteiger partial charge in [-0.25, -0.2) is 0 Å². The van der Waals surface area contributed by atoms with Gasteiger partial charge in [0.15, 0.2) is 0 Å². The number of nitrogens with one attached hydrogen (secondary N) is 1. The molecule has 0 radical (unpaired) electrons. The molecule has 1 aromatic heterocycles. The van der Waals surface area contributed by atoms with E-state index in [9.17, 15) is 4.79 Å². The van der Waals surface area contributed by atoms with Crippen molar-refractivity contribution in [3.63, 3.8) is 0 Å². The van der Waals surface area contributed by atoms with E-state index in [0.29, 0.717) is 6.42 Å². The van der Waals surface area contributed by atoms with Gasteiger partial charge in [-0.3, -0.25) is 4.79 Å². The van der Waals surface area contributed by atoms with Gasteiger partial charge < -0.3 is 14.6 Å². The number of methoxy groups -OCH3 is 1. The quantitative estimate of drug-likeness (QED) is 0.769. The van der Waals surface area contributed by atoms with E-state index in [1.54, 1.807) is 0 Å². The summed E-state index contributed by atoms with van der Waals surface area (Å²) < 4.78 is 6.80. The van der Waals surface area contributed by atoms with Crippen molar-refractivity contribution in [2.45, 2.75) is 38.8 Å². The number of aromatic nitrogens is 1. The molecule has 1 rings (SSSR count). The van der Waals surface area contributed by atoms with Crippen LogP contribution in [0.2, 0.25) is 0 Å². The third-order valence-electron chi connectivity index (χ3n) is 3.29. The molecule has 4 nitrogen and oxygen atoms in total. The van der Waals surface area contributed by atoms with Gasteiger partial charge in [-0.1, -0.05) is 6.92 Å². The molecular weight excluding hydrogens is 216 g/mol. The molecule has 1 heterocycles. The Morgan fingerprint density at radius 1 is 1.59 bits per heavy atom. The number of rotatable bonds is 6. The number of nitrogens with zero attached hydrogens (tertiary/aromatic N) is 1. The second-order valence-electron chi connectivity index (χ2n) is 4.63. The lowest BCUT2D eigenvalue weighted by atomic mass is 9.94. The highest BCUT2D eigenvalue weighted by Gasteiger charge is 2.25. The summed E-state index contributed by atoms with van der Waals surface area (Å²) >= 11 is 0. The van der Waals surface area contributed by atoms with Crippen molar-refractivity contribution in [3.8, 4) is 0 Å². The van der Waals surface area contributed by atoms with Crippen molar-refractivity contribution in [3.05, 3.63) is 24.0 Å². The van der Waals surface area contributed by atoms with Gasteiger partial charge in [0, 0.05) is 31.0 Å². The molecule has 0 fully saturated rings. The fourth-order valence-corrected chi connectivity index (χ4v) is 1.69. The molecule has 1 N–H and O–H groups in total. The standard InChI is InChI=1S/C13H22N2O2/c1-5-13(2,9-12(16)17-4)14-10-11-7-6-8-15(11)3/h6-8,14H,5,9-10H2,1-4H3/t13-/m0/s1. The van der Waals surface area contributed by atoms with E-state index in [4.69, 9.17) is 4.74 Å². The Balaban J connectivity index is 2.57. The lowest BCUT2D eigenvalue weighted by Crippen LogP contribution is -2.43. The van der Waals surface area contributed by atoms with Crippen molar-refractivity contribution in [2.75, 3.05) is 7.11 Å². The zero-order chi connectivity index (χ0) is 12.9. The van der Waals surface area contributed by atoms with Crippen LogP contribution < -0.4 is 5.32 Å². The lowest BCUT2D eigenvalue weighted by Gasteiger charge is -2.28. The van der Waals surface area contributed by atoms with Crippen LogP contribution in [-0.4, -0.2) is 23.2 Å². The number of hydrogen-bond acceptors (Lipinski definition) is 3. The first-order chi connectivity index (χ1) is 8.00. The second kappa shape index (κ2) is 5.87. The third-order valence-corrected chi connectivity index (χ3v) is 3.29. The minimum atomic E-state index is -0.211. The summed E-state index contributed by atoms with van der Waals surface area (Å²) in [7, 11) is 3.44. The van der Waals surface area contributed by atoms with Crippen molar-refractivity contribution in [1.29, 1.82) is 0 Å². The van der Waals surface area contributed by atoms with E-state index in [2.05, 4.69) is 22.9 Å². The largest absolute Gasteiger partial charge is 0.469 e. The molecule has 0 aliphatic heterocycles. The van der Waals surface area contributed by atoms with E-state index in [1.165, 1.54) is 12.8 Å². The van der Waals surface area contributed by atoms with Crippen LogP contribution in [-0.2, 0) is 23.1 Å². The van der Waals surface area contributed by atoms with Crippen LogP contribution in [0.4, 0.5) is 0 Å². The molecule has 1 aromatic rings. The van der Waals surface area contributed by atoms with Crippen molar-refractivity contribution < 1.29 is 9.53 Å². The predicted molar refractivity (Wildman–Crippen MR) is 67.6 cm³/mol. The third kappa shape index (κ3) is 3.89. The Morgan fingerprint density at radius 2 is 2.29 bits per heavy atom. The predicted octanol–water partition coefficient (Wildman–Crippen LogP) is 1.85. The molecule has 0 amide bonds. The summed E-state index contributed by atoms with van der Waals surface area (Å²) in [5.74, 6) is -0.172. The molecule has 0 aliphatic carbocycles. The van der Waals surface area contributed by atoms with E-state index in [0.717, 1.165) is 13.0 Å². The highest BCUT2D eigenvalue weighted by Crippen LogP contribution is 2.16. The molecular formula is C13H22N2O2. The van der Waals surface area contributed by atoms with Crippen LogP contribution >= 0.6 is 0 Å². The van der Waals surface area contributed by atoms with Crippen molar-refractivity contribution >= 4 is 5.97 Å². The monoisotopic (exact) mass is 238 g/mol. The van der Waals surface area contributed by atoms with E-state index in [1.807, 2.05) is 26.2 Å². The molecule has 0 unspecified atom stereocenters. The molecule has 1 atom stereocenters. The van der Waals surface area contributed by atoms with Crippen molar-refractivity contribution in [2.24, 2.45) is 7.05 Å². The molecule has 0 bridgehead atoms. The van der Waals surface area contributed by atoms with Gasteiger partial charge in [0.1, 0.15) is 0 Å². The van der Waals surface area contributed by atoms with Gasteiger partial charge >= 0.3 is 5.97 Å². The van der Waals surface area contributed by atoms with Crippen LogP contribution in [0.15, 0.2) is 18.3 Å². The van der Waals surface area contributed by atoms with Gasteiger partial charge in [-0.2, -0.15) is 0 Å². The molecule has 96 valence electrons. The molecule has 0 saturated carbocycles. The Bertz CT molecular complexity index is 373. The maximum atomic E-state index is 11.3. The summed E-state index contributed by atoms with van der Waals surface area (Å²) in [5.41, 5.74) is 0.992. The van der Waals surface area contributed by atoms with Gasteiger partial charge in [0.25, 0.3) is 0 Å². The van der Waals surface area contributed by atoms with Crippen LogP contribution in [0.1, 0.15) is 32.4 Å². The van der Waals surface area contributed by atoms with E-state index < -0.39 is 0 Å². The van der Waals surface area contributed by atoms with Gasteiger partial charge in [-0.05, 0) is 25.5 Å². The van der Waals surface area contributed by atoms with Crippen LogP contribution in [0.5, 0.6) is 0 Å². The minimum Gasteiger partial charge on any atom is -0.469 e. The number of carbonyl (C=O) groups is 1. The molecule has 17 heavy (non-hydrogen) atoms. The zero-order valence-electron chi connectivity index (χ0n) is 11.1.